The summed E-state index contributed by atoms with van der Waals surface area (Å²) < 4.78 is 16.6. The Morgan fingerprint density at radius 1 is 0.969 bits per heavy atom. The van der Waals surface area contributed by atoms with E-state index >= 15 is 0 Å². The van der Waals surface area contributed by atoms with E-state index in [9.17, 15) is 0 Å². The van der Waals surface area contributed by atoms with Gasteiger partial charge >= 0.3 is 0 Å². The van der Waals surface area contributed by atoms with Gasteiger partial charge in [-0.1, -0.05) is 23.7 Å². The molecule has 2 aromatic carbocycles. The maximum Gasteiger partial charge on any atom is 0.230 e. The zero-order chi connectivity index (χ0) is 22.7. The number of nitrogens with one attached hydrogen (secondary N) is 2. The van der Waals surface area contributed by atoms with Crippen LogP contribution in [0.1, 0.15) is 5.82 Å². The number of methoxy groups -OCH3 is 2. The number of ether oxygens (including phenoxy) is 3. The minimum atomic E-state index is 0.324. The maximum absolute atomic E-state index is 6.37. The van der Waals surface area contributed by atoms with Gasteiger partial charge in [0.25, 0.3) is 0 Å². The van der Waals surface area contributed by atoms with Gasteiger partial charge < -0.3 is 29.4 Å². The summed E-state index contributed by atoms with van der Waals surface area (Å²) in [6.07, 6.45) is 0. The summed E-state index contributed by atoms with van der Waals surface area (Å²) >= 11 is 6.37. The van der Waals surface area contributed by atoms with Crippen molar-refractivity contribution < 1.29 is 14.2 Å². The molecule has 0 aliphatic rings. The monoisotopic (exact) mass is 454 g/mol. The van der Waals surface area contributed by atoms with Crippen LogP contribution in [-0.2, 0) is 6.54 Å². The molecule has 0 atom stereocenters. The molecular formula is C22H23ClN6O3. The Morgan fingerprint density at radius 3 is 2.44 bits per heavy atom. The third-order valence-corrected chi connectivity index (χ3v) is 4.91. The van der Waals surface area contributed by atoms with Gasteiger partial charge in [-0.2, -0.15) is 9.97 Å². The van der Waals surface area contributed by atoms with Crippen molar-refractivity contribution in [1.82, 2.24) is 19.9 Å². The van der Waals surface area contributed by atoms with Crippen molar-refractivity contribution in [3.63, 3.8) is 0 Å². The molecule has 0 bridgehead atoms. The summed E-state index contributed by atoms with van der Waals surface area (Å²) in [4.78, 5) is 18.6. The fraction of sp³-hybridized carbons (Fsp3) is 0.227. The van der Waals surface area contributed by atoms with E-state index in [1.165, 1.54) is 0 Å². The average Bonchev–Trinajstić information content (AvgIpc) is 3.21. The molecule has 4 aromatic rings. The van der Waals surface area contributed by atoms with Crippen LogP contribution in [0.25, 0.3) is 11.0 Å². The van der Waals surface area contributed by atoms with Crippen molar-refractivity contribution in [2.45, 2.75) is 6.54 Å². The first kappa shape index (κ1) is 21.5. The van der Waals surface area contributed by atoms with E-state index in [1.807, 2.05) is 38.4 Å². The highest BCUT2D eigenvalue weighted by atomic mass is 35.5. The number of aromatic amines is 1. The van der Waals surface area contributed by atoms with E-state index in [2.05, 4.69) is 25.3 Å². The Hall–Kier alpha value is -3.72. The van der Waals surface area contributed by atoms with Crippen LogP contribution >= 0.6 is 11.6 Å². The molecule has 0 radical (unpaired) electrons. The van der Waals surface area contributed by atoms with Crippen molar-refractivity contribution in [2.75, 3.05) is 38.5 Å². The molecule has 0 aliphatic heterocycles. The van der Waals surface area contributed by atoms with Gasteiger partial charge in [0.05, 0.1) is 36.8 Å². The molecule has 2 aromatic heterocycles. The normalized spacial score (nSPS) is 10.8. The van der Waals surface area contributed by atoms with Gasteiger partial charge in [0, 0.05) is 32.3 Å². The summed E-state index contributed by atoms with van der Waals surface area (Å²) in [6, 6.07) is 12.8. The molecule has 0 amide bonds. The summed E-state index contributed by atoms with van der Waals surface area (Å²) in [5.41, 5.74) is 1.89. The van der Waals surface area contributed by atoms with Crippen molar-refractivity contribution in [1.29, 1.82) is 0 Å². The van der Waals surface area contributed by atoms with Gasteiger partial charge in [-0.3, -0.25) is 0 Å². The standard InChI is InChI=1S/C22H23ClN6O3/c1-29(2)22-27-19(24-12-20-25-14-7-5-6-8-15(14)26-20)11-21(28-22)32-16-10-18(31-4)17(30-3)9-13(16)23/h5-11H,12H2,1-4H3,(H,25,26)(H,24,27,28). The van der Waals surface area contributed by atoms with Crippen LogP contribution in [0.4, 0.5) is 11.8 Å². The Labute approximate surface area is 190 Å². The zero-order valence-electron chi connectivity index (χ0n) is 18.1. The smallest absolute Gasteiger partial charge is 0.230 e. The first-order chi connectivity index (χ1) is 15.5. The molecule has 10 heteroatoms. The third kappa shape index (κ3) is 4.62. The van der Waals surface area contributed by atoms with E-state index in [-0.39, 0.29) is 0 Å². The summed E-state index contributed by atoms with van der Waals surface area (Å²) in [5.74, 6) is 3.57. The second-order valence-electron chi connectivity index (χ2n) is 7.08. The number of para-hydroxylation sites is 2. The van der Waals surface area contributed by atoms with Gasteiger partial charge in [0.1, 0.15) is 11.6 Å². The molecule has 0 saturated carbocycles. The first-order valence-corrected chi connectivity index (χ1v) is 10.2. The van der Waals surface area contributed by atoms with Crippen LogP contribution in [0.2, 0.25) is 5.02 Å². The van der Waals surface area contributed by atoms with E-state index in [1.54, 1.807) is 37.3 Å². The van der Waals surface area contributed by atoms with E-state index in [4.69, 9.17) is 25.8 Å². The van der Waals surface area contributed by atoms with Crippen LogP contribution < -0.4 is 24.4 Å². The number of nitrogens with zero attached hydrogens (tertiary/aromatic N) is 4. The van der Waals surface area contributed by atoms with Crippen LogP contribution in [-0.4, -0.2) is 48.3 Å². The van der Waals surface area contributed by atoms with Gasteiger partial charge in [-0.15, -0.1) is 0 Å². The average molecular weight is 455 g/mol. The lowest BCUT2D eigenvalue weighted by atomic mass is 10.3. The van der Waals surface area contributed by atoms with Crippen LogP contribution in [0.5, 0.6) is 23.1 Å². The van der Waals surface area contributed by atoms with Crippen LogP contribution in [0, 0.1) is 0 Å². The molecule has 0 fully saturated rings. The molecule has 0 saturated heterocycles. The highest BCUT2D eigenvalue weighted by Gasteiger charge is 2.15. The number of H-pyrrole nitrogens is 1. The van der Waals surface area contributed by atoms with Gasteiger partial charge in [0.2, 0.25) is 11.8 Å². The van der Waals surface area contributed by atoms with Gasteiger partial charge in [-0.05, 0) is 12.1 Å². The Bertz CT molecular complexity index is 1210. The topological polar surface area (TPSA) is 97.4 Å². The first-order valence-electron chi connectivity index (χ1n) is 9.80. The van der Waals surface area contributed by atoms with E-state index in [0.717, 1.165) is 16.9 Å². The molecule has 0 unspecified atom stereocenters. The minimum Gasteiger partial charge on any atom is -0.493 e. The van der Waals surface area contributed by atoms with Crippen molar-refractivity contribution >= 4 is 34.4 Å². The quantitative estimate of drug-likeness (QED) is 0.402. The second kappa shape index (κ2) is 9.19. The Kier molecular flexibility index (Phi) is 6.18. The molecular weight excluding hydrogens is 432 g/mol. The SMILES string of the molecule is COc1cc(Cl)c(Oc2cc(NCc3nc4ccccc4[nH]3)nc(N(C)C)n2)cc1OC. The number of fused-ring (bicyclic) bond motifs is 1. The van der Waals surface area contributed by atoms with Gasteiger partial charge in [0.15, 0.2) is 17.2 Å². The third-order valence-electron chi connectivity index (χ3n) is 4.62. The number of aromatic nitrogens is 4. The fourth-order valence-corrected chi connectivity index (χ4v) is 3.24. The fourth-order valence-electron chi connectivity index (χ4n) is 3.05. The number of anilines is 2. The lowest BCUT2D eigenvalue weighted by molar-refractivity contribution is 0.351. The molecule has 2 N–H and O–H groups in total. The molecule has 9 nitrogen and oxygen atoms in total. The highest BCUT2D eigenvalue weighted by Crippen LogP contribution is 2.39. The van der Waals surface area contributed by atoms with Crippen molar-refractivity contribution in [3.8, 4) is 23.1 Å². The predicted molar refractivity (Wildman–Crippen MR) is 124 cm³/mol. The predicted octanol–water partition coefficient (Wildman–Crippen LogP) is 4.49. The number of rotatable bonds is 8. The number of hydrogen-bond donors (Lipinski definition) is 2. The van der Waals surface area contributed by atoms with Crippen LogP contribution in [0.15, 0.2) is 42.5 Å². The molecule has 4 rings (SSSR count). The zero-order valence-corrected chi connectivity index (χ0v) is 18.9. The maximum atomic E-state index is 6.37. The molecule has 0 aliphatic carbocycles. The molecule has 2 heterocycles. The summed E-state index contributed by atoms with van der Waals surface area (Å²) in [7, 11) is 6.80. The summed E-state index contributed by atoms with van der Waals surface area (Å²) in [6.45, 7) is 0.453. The highest BCUT2D eigenvalue weighted by molar-refractivity contribution is 6.32. The number of halogens is 1. The lowest BCUT2D eigenvalue weighted by Gasteiger charge is -2.16. The minimum absolute atomic E-state index is 0.324. The van der Waals surface area contributed by atoms with E-state index < -0.39 is 0 Å². The summed E-state index contributed by atoms with van der Waals surface area (Å²) in [5, 5.41) is 3.63. The van der Waals surface area contributed by atoms with E-state index in [0.29, 0.717) is 46.5 Å². The Balaban J connectivity index is 1.59. The molecule has 32 heavy (non-hydrogen) atoms. The van der Waals surface area contributed by atoms with Crippen LogP contribution in [0.3, 0.4) is 0 Å². The lowest BCUT2D eigenvalue weighted by Crippen LogP contribution is -2.14. The van der Waals surface area contributed by atoms with Crippen molar-refractivity contribution in [2.24, 2.45) is 0 Å². The number of imidazole rings is 1. The Morgan fingerprint density at radius 2 is 1.72 bits per heavy atom. The molecule has 166 valence electrons. The number of hydrogen-bond acceptors (Lipinski definition) is 8. The largest absolute Gasteiger partial charge is 0.493 e. The molecule has 0 spiro atoms. The van der Waals surface area contributed by atoms with Gasteiger partial charge in [-0.25, -0.2) is 4.98 Å². The number of benzene rings is 2. The second-order valence-corrected chi connectivity index (χ2v) is 7.49. The van der Waals surface area contributed by atoms with Crippen molar-refractivity contribution in [3.05, 3.63) is 53.3 Å².